The molecular formula is C16H12ClF5N2O4S. The zero-order chi connectivity index (χ0) is 22.1. The molecule has 29 heavy (non-hydrogen) atoms. The van der Waals surface area contributed by atoms with Gasteiger partial charge < -0.3 is 0 Å². The molecule has 2 aromatic carbocycles. The van der Waals surface area contributed by atoms with Crippen LogP contribution >= 0.6 is 11.6 Å². The Balaban J connectivity index is 2.73. The van der Waals surface area contributed by atoms with Crippen LogP contribution in [0.2, 0.25) is 5.02 Å². The first-order valence-electron chi connectivity index (χ1n) is 7.65. The van der Waals surface area contributed by atoms with Gasteiger partial charge in [0.05, 0.1) is 0 Å². The molecule has 2 aromatic rings. The van der Waals surface area contributed by atoms with Crippen LogP contribution in [0.25, 0.3) is 0 Å². The first-order valence-corrected chi connectivity index (χ1v) is 9.47. The number of sulfonamides is 1. The van der Waals surface area contributed by atoms with Gasteiger partial charge in [-0.1, -0.05) is 29.8 Å². The largest absolute Gasteiger partial charge is 0.289 e. The molecule has 13 heteroatoms. The molecule has 0 aliphatic heterocycles. The molecule has 0 aliphatic rings. The highest BCUT2D eigenvalue weighted by atomic mass is 35.5. The number of hydrogen-bond acceptors (Lipinski definition) is 4. The minimum Gasteiger partial charge on any atom is -0.289 e. The zero-order valence-electron chi connectivity index (χ0n) is 14.4. The van der Waals surface area contributed by atoms with Crippen molar-refractivity contribution in [1.29, 1.82) is 0 Å². The number of carbonyl (C=O) groups is 1. The number of amides is 1. The van der Waals surface area contributed by atoms with Crippen LogP contribution in [0.3, 0.4) is 0 Å². The SMILES string of the molecule is CC(C(=O)NO)N(Cc1ccccc1Cl)S(=O)(=O)c1c(F)c(F)c(F)c(F)c1F. The summed E-state index contributed by atoms with van der Waals surface area (Å²) in [4.78, 5) is 9.63. The Bertz CT molecular complexity index is 1040. The van der Waals surface area contributed by atoms with Crippen molar-refractivity contribution in [3.05, 3.63) is 63.9 Å². The van der Waals surface area contributed by atoms with Gasteiger partial charge in [-0.2, -0.15) is 4.31 Å². The van der Waals surface area contributed by atoms with Gasteiger partial charge in [0.2, 0.25) is 15.8 Å². The van der Waals surface area contributed by atoms with Crippen LogP contribution in [0.15, 0.2) is 29.2 Å². The second-order valence-corrected chi connectivity index (χ2v) is 7.93. The Morgan fingerprint density at radius 3 is 2.03 bits per heavy atom. The van der Waals surface area contributed by atoms with Crippen molar-refractivity contribution >= 4 is 27.5 Å². The number of rotatable bonds is 6. The van der Waals surface area contributed by atoms with E-state index >= 15 is 0 Å². The predicted octanol–water partition coefficient (Wildman–Crippen LogP) is 3.12. The average Bonchev–Trinajstić information content (AvgIpc) is 2.68. The first-order chi connectivity index (χ1) is 13.4. The summed E-state index contributed by atoms with van der Waals surface area (Å²) >= 11 is 5.93. The number of benzene rings is 2. The summed E-state index contributed by atoms with van der Waals surface area (Å²) in [5, 5.41) is 8.78. The van der Waals surface area contributed by atoms with Gasteiger partial charge in [0.1, 0.15) is 6.04 Å². The summed E-state index contributed by atoms with van der Waals surface area (Å²) < 4.78 is 94.4. The Kier molecular flexibility index (Phi) is 6.83. The molecule has 0 bridgehead atoms. The highest BCUT2D eigenvalue weighted by Gasteiger charge is 2.40. The first kappa shape index (κ1) is 23.0. The Morgan fingerprint density at radius 2 is 1.55 bits per heavy atom. The van der Waals surface area contributed by atoms with Crippen molar-refractivity contribution in [2.45, 2.75) is 24.4 Å². The monoisotopic (exact) mass is 458 g/mol. The Labute approximate surface area is 166 Å². The molecule has 2 N–H and O–H groups in total. The number of hydrogen-bond donors (Lipinski definition) is 2. The van der Waals surface area contributed by atoms with E-state index in [-0.39, 0.29) is 14.9 Å². The molecule has 158 valence electrons. The van der Waals surface area contributed by atoms with Gasteiger partial charge in [0.15, 0.2) is 28.2 Å². The van der Waals surface area contributed by atoms with Crippen LogP contribution in [0.4, 0.5) is 22.0 Å². The number of carbonyl (C=O) groups excluding carboxylic acids is 1. The van der Waals surface area contributed by atoms with Crippen molar-refractivity contribution in [2.24, 2.45) is 0 Å². The normalized spacial score (nSPS) is 12.9. The van der Waals surface area contributed by atoms with E-state index in [1.165, 1.54) is 24.3 Å². The van der Waals surface area contributed by atoms with Crippen LogP contribution in [0.1, 0.15) is 12.5 Å². The maximum Gasteiger partial charge on any atom is 0.261 e. The molecule has 1 unspecified atom stereocenters. The molecule has 0 saturated heterocycles. The van der Waals surface area contributed by atoms with E-state index in [1.54, 1.807) is 0 Å². The van der Waals surface area contributed by atoms with Crippen molar-refractivity contribution in [2.75, 3.05) is 0 Å². The fourth-order valence-corrected chi connectivity index (χ4v) is 4.26. The third-order valence-corrected chi connectivity index (χ3v) is 6.25. The Hall–Kier alpha value is -2.28. The van der Waals surface area contributed by atoms with E-state index in [2.05, 4.69) is 0 Å². The molecule has 6 nitrogen and oxygen atoms in total. The van der Waals surface area contributed by atoms with E-state index in [1.807, 2.05) is 0 Å². The van der Waals surface area contributed by atoms with E-state index in [0.717, 1.165) is 12.4 Å². The van der Waals surface area contributed by atoms with Crippen LogP contribution in [-0.2, 0) is 21.4 Å². The summed E-state index contributed by atoms with van der Waals surface area (Å²) in [6.45, 7) is 0.141. The number of nitrogens with zero attached hydrogens (tertiary/aromatic N) is 1. The van der Waals surface area contributed by atoms with Gasteiger partial charge in [-0.05, 0) is 18.6 Å². The average molecular weight is 459 g/mol. The summed E-state index contributed by atoms with van der Waals surface area (Å²) in [6.07, 6.45) is 0. The van der Waals surface area contributed by atoms with Gasteiger partial charge in [0, 0.05) is 11.6 Å². The van der Waals surface area contributed by atoms with Gasteiger partial charge in [0.25, 0.3) is 5.91 Å². The van der Waals surface area contributed by atoms with Crippen LogP contribution in [-0.4, -0.2) is 29.9 Å². The topological polar surface area (TPSA) is 86.7 Å². The number of hydroxylamine groups is 1. The van der Waals surface area contributed by atoms with Gasteiger partial charge in [-0.15, -0.1) is 0 Å². The lowest BCUT2D eigenvalue weighted by molar-refractivity contribution is -0.132. The van der Waals surface area contributed by atoms with Gasteiger partial charge in [-0.3, -0.25) is 10.0 Å². The maximum absolute atomic E-state index is 14.1. The molecule has 0 heterocycles. The second kappa shape index (κ2) is 8.61. The molecule has 0 radical (unpaired) electrons. The third kappa shape index (κ3) is 4.20. The highest BCUT2D eigenvalue weighted by Crippen LogP contribution is 2.31. The number of halogens is 6. The van der Waals surface area contributed by atoms with E-state index in [9.17, 15) is 35.2 Å². The van der Waals surface area contributed by atoms with Gasteiger partial charge >= 0.3 is 0 Å². The fourth-order valence-electron chi connectivity index (χ4n) is 2.38. The fraction of sp³-hybridized carbons (Fsp3) is 0.188. The van der Waals surface area contributed by atoms with Crippen LogP contribution in [0.5, 0.6) is 0 Å². The molecular weight excluding hydrogens is 447 g/mol. The lowest BCUT2D eigenvalue weighted by Crippen LogP contribution is -2.47. The lowest BCUT2D eigenvalue weighted by Gasteiger charge is -2.27. The lowest BCUT2D eigenvalue weighted by atomic mass is 10.2. The highest BCUT2D eigenvalue weighted by molar-refractivity contribution is 7.89. The molecule has 1 atom stereocenters. The predicted molar refractivity (Wildman–Crippen MR) is 89.8 cm³/mol. The van der Waals surface area contributed by atoms with Crippen molar-refractivity contribution in [1.82, 2.24) is 9.79 Å². The molecule has 0 aliphatic carbocycles. The minimum atomic E-state index is -5.49. The van der Waals surface area contributed by atoms with Crippen LogP contribution < -0.4 is 5.48 Å². The molecule has 0 aromatic heterocycles. The van der Waals surface area contributed by atoms with Crippen molar-refractivity contribution in [3.8, 4) is 0 Å². The van der Waals surface area contributed by atoms with E-state index in [0.29, 0.717) is 0 Å². The molecule has 0 fully saturated rings. The standard InChI is InChI=1S/C16H12ClF5N2O4S/c1-7(16(25)23-26)24(6-8-4-2-3-5-9(8)17)29(27,28)15-13(21)11(19)10(18)12(20)14(15)22/h2-5,7,26H,6H2,1H3,(H,23,25). The molecule has 1 amide bonds. The smallest absolute Gasteiger partial charge is 0.261 e. The summed E-state index contributed by atoms with van der Waals surface area (Å²) in [7, 11) is -5.49. The summed E-state index contributed by atoms with van der Waals surface area (Å²) in [5.41, 5.74) is 1.21. The number of nitrogens with one attached hydrogen (secondary N) is 1. The zero-order valence-corrected chi connectivity index (χ0v) is 16.0. The molecule has 2 rings (SSSR count). The summed E-state index contributed by atoms with van der Waals surface area (Å²) in [6, 6.07) is 3.75. The summed E-state index contributed by atoms with van der Waals surface area (Å²) in [5.74, 6) is -14.0. The quantitative estimate of drug-likeness (QED) is 0.229. The molecule has 0 spiro atoms. The maximum atomic E-state index is 14.1. The van der Waals surface area contributed by atoms with Gasteiger partial charge in [-0.25, -0.2) is 35.8 Å². The molecule has 0 saturated carbocycles. The van der Waals surface area contributed by atoms with E-state index < -0.39 is 62.5 Å². The van der Waals surface area contributed by atoms with Crippen LogP contribution in [0, 0.1) is 29.1 Å². The van der Waals surface area contributed by atoms with Crippen molar-refractivity contribution in [3.63, 3.8) is 0 Å². The Morgan fingerprint density at radius 1 is 1.07 bits per heavy atom. The minimum absolute atomic E-state index is 0.00159. The third-order valence-electron chi connectivity index (χ3n) is 3.94. The van der Waals surface area contributed by atoms with Crippen molar-refractivity contribution < 1.29 is 40.4 Å². The second-order valence-electron chi connectivity index (χ2n) is 5.69. The van der Waals surface area contributed by atoms with E-state index in [4.69, 9.17) is 16.8 Å².